The van der Waals surface area contributed by atoms with Gasteiger partial charge in [0.25, 0.3) is 0 Å². The van der Waals surface area contributed by atoms with Crippen LogP contribution in [0.5, 0.6) is 0 Å². The molecule has 3 aliphatic rings. The summed E-state index contributed by atoms with van der Waals surface area (Å²) in [5, 5.41) is 3.68. The molecule has 0 spiro atoms. The van der Waals surface area contributed by atoms with Gasteiger partial charge in [-0.25, -0.2) is 0 Å². The van der Waals surface area contributed by atoms with Crippen molar-refractivity contribution in [3.8, 4) is 0 Å². The van der Waals surface area contributed by atoms with Crippen LogP contribution in [-0.4, -0.2) is 49.3 Å². The molecule has 1 N–H and O–H groups in total. The second-order valence-corrected chi connectivity index (χ2v) is 5.61. The van der Waals surface area contributed by atoms with Gasteiger partial charge in [-0.2, -0.15) is 0 Å². The van der Waals surface area contributed by atoms with E-state index in [4.69, 9.17) is 4.74 Å². The fourth-order valence-electron chi connectivity index (χ4n) is 3.07. The van der Waals surface area contributed by atoms with Crippen LogP contribution in [0.4, 0.5) is 0 Å². The van der Waals surface area contributed by atoms with Crippen LogP contribution in [0.15, 0.2) is 0 Å². The molecule has 100 valence electrons. The summed E-state index contributed by atoms with van der Waals surface area (Å²) in [4.78, 5) is 2.63. The van der Waals surface area contributed by atoms with E-state index >= 15 is 0 Å². The van der Waals surface area contributed by atoms with Crippen LogP contribution in [0.2, 0.25) is 0 Å². The molecule has 3 fully saturated rings. The zero-order valence-corrected chi connectivity index (χ0v) is 11.4. The Labute approximate surface area is 111 Å². The van der Waals surface area contributed by atoms with E-state index in [9.17, 15) is 0 Å². The predicted octanol–water partition coefficient (Wildman–Crippen LogP) is 1.80. The van der Waals surface area contributed by atoms with Crippen molar-refractivity contribution in [1.82, 2.24) is 10.2 Å². The first kappa shape index (κ1) is 13.6. The lowest BCUT2D eigenvalue weighted by Gasteiger charge is -2.33. The molecule has 1 atom stereocenters. The molecule has 0 aromatic rings. The Hall–Kier alpha value is 0.170. The Balaban J connectivity index is 0.00000108. The highest BCUT2D eigenvalue weighted by atomic mass is 35.5. The van der Waals surface area contributed by atoms with Crippen LogP contribution in [0, 0.1) is 0 Å². The van der Waals surface area contributed by atoms with Gasteiger partial charge in [0.2, 0.25) is 0 Å². The minimum absolute atomic E-state index is 0. The lowest BCUT2D eigenvalue weighted by Crippen LogP contribution is -2.48. The van der Waals surface area contributed by atoms with Gasteiger partial charge in [-0.1, -0.05) is 12.8 Å². The zero-order chi connectivity index (χ0) is 10.8. The van der Waals surface area contributed by atoms with Gasteiger partial charge < -0.3 is 10.1 Å². The predicted molar refractivity (Wildman–Crippen MR) is 71.8 cm³/mol. The van der Waals surface area contributed by atoms with E-state index in [1.807, 2.05) is 0 Å². The van der Waals surface area contributed by atoms with Crippen LogP contribution >= 0.6 is 12.4 Å². The van der Waals surface area contributed by atoms with Crippen molar-refractivity contribution < 1.29 is 4.74 Å². The van der Waals surface area contributed by atoms with E-state index < -0.39 is 0 Å². The first-order valence-corrected chi connectivity index (χ1v) is 7.01. The molecule has 2 aliphatic carbocycles. The van der Waals surface area contributed by atoms with Crippen LogP contribution in [-0.2, 0) is 4.74 Å². The second kappa shape index (κ2) is 6.37. The minimum atomic E-state index is 0. The molecule has 0 bridgehead atoms. The molecule has 17 heavy (non-hydrogen) atoms. The molecule has 1 heterocycles. The van der Waals surface area contributed by atoms with Crippen molar-refractivity contribution in [1.29, 1.82) is 0 Å². The van der Waals surface area contributed by atoms with Crippen LogP contribution in [0.1, 0.15) is 38.5 Å². The molecule has 0 aromatic heterocycles. The summed E-state index contributed by atoms with van der Waals surface area (Å²) in [5.74, 6) is 0. The fraction of sp³-hybridized carbons (Fsp3) is 1.00. The maximum Gasteiger partial charge on any atom is 0.0826 e. The van der Waals surface area contributed by atoms with E-state index in [1.54, 1.807) is 0 Å². The Morgan fingerprint density at radius 3 is 2.59 bits per heavy atom. The molecule has 4 heteroatoms. The van der Waals surface area contributed by atoms with Crippen molar-refractivity contribution in [2.75, 3.05) is 26.2 Å². The first-order chi connectivity index (χ1) is 7.92. The molecule has 0 radical (unpaired) electrons. The van der Waals surface area contributed by atoms with Crippen molar-refractivity contribution in [2.45, 2.75) is 56.7 Å². The maximum atomic E-state index is 5.84. The highest BCUT2D eigenvalue weighted by molar-refractivity contribution is 5.85. The summed E-state index contributed by atoms with van der Waals surface area (Å²) in [6.07, 6.45) is 8.85. The standard InChI is InChI=1S/C13H24N2O.ClH/c1-2-4-11(3-1)14-9-13-10-15(7-8-16-13)12-5-6-12;/h11-14H,1-10H2;1H. The number of nitrogens with one attached hydrogen (secondary N) is 1. The van der Waals surface area contributed by atoms with Gasteiger partial charge in [-0.15, -0.1) is 12.4 Å². The van der Waals surface area contributed by atoms with Crippen LogP contribution in [0.3, 0.4) is 0 Å². The molecule has 1 saturated heterocycles. The summed E-state index contributed by atoms with van der Waals surface area (Å²) in [7, 11) is 0. The van der Waals surface area contributed by atoms with Gasteiger partial charge >= 0.3 is 0 Å². The maximum absolute atomic E-state index is 5.84. The average Bonchev–Trinajstić information content (AvgIpc) is 3.05. The first-order valence-electron chi connectivity index (χ1n) is 7.01. The van der Waals surface area contributed by atoms with Crippen molar-refractivity contribution in [3.63, 3.8) is 0 Å². The smallest absolute Gasteiger partial charge is 0.0826 e. The highest BCUT2D eigenvalue weighted by Gasteiger charge is 2.33. The molecule has 0 aromatic carbocycles. The number of hydrogen-bond acceptors (Lipinski definition) is 3. The lowest BCUT2D eigenvalue weighted by molar-refractivity contribution is -0.0310. The molecule has 3 nitrogen and oxygen atoms in total. The number of rotatable bonds is 4. The van der Waals surface area contributed by atoms with Gasteiger partial charge in [-0.05, 0) is 25.7 Å². The van der Waals surface area contributed by atoms with E-state index in [1.165, 1.54) is 38.5 Å². The van der Waals surface area contributed by atoms with Gasteiger partial charge in [0.1, 0.15) is 0 Å². The third kappa shape index (κ3) is 3.82. The third-order valence-electron chi connectivity index (χ3n) is 4.22. The Bertz CT molecular complexity index is 229. The number of ether oxygens (including phenoxy) is 1. The van der Waals surface area contributed by atoms with Gasteiger partial charge in [0.15, 0.2) is 0 Å². The summed E-state index contributed by atoms with van der Waals surface area (Å²) in [6.45, 7) is 4.32. The normalized spacial score (nSPS) is 31.4. The molecule has 3 rings (SSSR count). The largest absolute Gasteiger partial charge is 0.374 e. The third-order valence-corrected chi connectivity index (χ3v) is 4.22. The van der Waals surface area contributed by atoms with E-state index in [0.29, 0.717) is 6.10 Å². The topological polar surface area (TPSA) is 24.5 Å². The van der Waals surface area contributed by atoms with E-state index in [2.05, 4.69) is 10.2 Å². The minimum Gasteiger partial charge on any atom is -0.374 e. The molecule has 0 amide bonds. The fourth-order valence-corrected chi connectivity index (χ4v) is 3.07. The zero-order valence-electron chi connectivity index (χ0n) is 10.6. The second-order valence-electron chi connectivity index (χ2n) is 5.61. The molecule has 1 unspecified atom stereocenters. The number of hydrogen-bond donors (Lipinski definition) is 1. The number of morpholine rings is 1. The monoisotopic (exact) mass is 260 g/mol. The Morgan fingerprint density at radius 1 is 1.12 bits per heavy atom. The summed E-state index contributed by atoms with van der Waals surface area (Å²) in [6, 6.07) is 1.68. The molecule has 2 saturated carbocycles. The van der Waals surface area contributed by atoms with Gasteiger partial charge in [0, 0.05) is 31.7 Å². The van der Waals surface area contributed by atoms with E-state index in [-0.39, 0.29) is 12.4 Å². The summed E-state index contributed by atoms with van der Waals surface area (Å²) < 4.78 is 5.84. The quantitative estimate of drug-likeness (QED) is 0.834. The van der Waals surface area contributed by atoms with Crippen LogP contribution in [0.25, 0.3) is 0 Å². The summed E-state index contributed by atoms with van der Waals surface area (Å²) >= 11 is 0. The lowest BCUT2D eigenvalue weighted by atomic mass is 10.2. The Kier molecular flexibility index (Phi) is 5.10. The molecular weight excluding hydrogens is 236 g/mol. The van der Waals surface area contributed by atoms with Gasteiger partial charge in [-0.3, -0.25) is 4.90 Å². The van der Waals surface area contributed by atoms with Crippen molar-refractivity contribution in [3.05, 3.63) is 0 Å². The van der Waals surface area contributed by atoms with Crippen LogP contribution < -0.4 is 5.32 Å². The average molecular weight is 261 g/mol. The summed E-state index contributed by atoms with van der Waals surface area (Å²) in [5.41, 5.74) is 0. The van der Waals surface area contributed by atoms with Gasteiger partial charge in [0.05, 0.1) is 12.7 Å². The van der Waals surface area contributed by atoms with E-state index in [0.717, 1.165) is 38.3 Å². The van der Waals surface area contributed by atoms with Crippen molar-refractivity contribution in [2.24, 2.45) is 0 Å². The Morgan fingerprint density at radius 2 is 1.88 bits per heavy atom. The van der Waals surface area contributed by atoms with Crippen molar-refractivity contribution >= 4 is 12.4 Å². The number of nitrogens with zero attached hydrogens (tertiary/aromatic N) is 1. The number of halogens is 1. The molecule has 1 aliphatic heterocycles. The highest BCUT2D eigenvalue weighted by Crippen LogP contribution is 2.28. The molecular formula is C13H25ClN2O. The SMILES string of the molecule is C1CCC(NCC2CN(C3CC3)CCO2)C1.Cl.